The Labute approximate surface area is 169 Å². The molecule has 2 heterocycles. The van der Waals surface area contributed by atoms with Gasteiger partial charge in [-0.3, -0.25) is 10.1 Å². The van der Waals surface area contributed by atoms with Crippen molar-refractivity contribution in [1.29, 1.82) is 0 Å². The van der Waals surface area contributed by atoms with Gasteiger partial charge in [-0.1, -0.05) is 23.2 Å². The molecule has 3 rings (SSSR count). The summed E-state index contributed by atoms with van der Waals surface area (Å²) in [5, 5.41) is 14.8. The fourth-order valence-corrected chi connectivity index (χ4v) is 3.00. The van der Waals surface area contributed by atoms with Crippen LogP contribution in [-0.2, 0) is 0 Å². The first-order valence-electron chi connectivity index (χ1n) is 8.01. The van der Waals surface area contributed by atoms with E-state index in [1.54, 1.807) is 18.2 Å². The quantitative estimate of drug-likeness (QED) is 0.413. The molecule has 0 aliphatic heterocycles. The molecule has 144 valence electrons. The number of hydrogen-bond donors (Lipinski definition) is 3. The first-order chi connectivity index (χ1) is 13.3. The summed E-state index contributed by atoms with van der Waals surface area (Å²) in [6.07, 6.45) is 1.52. The van der Waals surface area contributed by atoms with Gasteiger partial charge in [-0.15, -0.1) is 0 Å². The number of hydrogen-bond acceptors (Lipinski definition) is 8. The Morgan fingerprint density at radius 1 is 1.14 bits per heavy atom. The number of nitrogen functional groups attached to an aromatic ring is 2. The molecule has 0 aliphatic carbocycles. The first kappa shape index (κ1) is 19.6. The molecule has 0 spiro atoms. The van der Waals surface area contributed by atoms with Crippen LogP contribution in [0, 0.1) is 10.1 Å². The predicted molar refractivity (Wildman–Crippen MR) is 109 cm³/mol. The number of benzene rings is 1. The first-order valence-corrected chi connectivity index (χ1v) is 8.77. The van der Waals surface area contributed by atoms with E-state index < -0.39 is 4.92 Å². The number of nitro groups is 1. The summed E-state index contributed by atoms with van der Waals surface area (Å²) in [7, 11) is 0. The highest BCUT2D eigenvalue weighted by Crippen LogP contribution is 2.32. The fourth-order valence-electron chi connectivity index (χ4n) is 2.50. The standard InChI is InChI=1S/C17H15Cl2N7O2/c1-8(23-14-5-4-13(26(27)28)16(20)25-14)12-7-22-17(21)15(24-12)10-3-2-9(18)6-11(10)19/h2-8H,1H3,(H2,21,22)(H3,20,23,25). The lowest BCUT2D eigenvalue weighted by molar-refractivity contribution is -0.384. The molecular formula is C17H15Cl2N7O2. The van der Waals surface area contributed by atoms with Crippen molar-refractivity contribution in [2.24, 2.45) is 0 Å². The van der Waals surface area contributed by atoms with Gasteiger partial charge >= 0.3 is 5.69 Å². The molecule has 28 heavy (non-hydrogen) atoms. The van der Waals surface area contributed by atoms with E-state index in [0.717, 1.165) is 0 Å². The average molecular weight is 420 g/mol. The molecule has 0 fully saturated rings. The molecule has 0 saturated heterocycles. The minimum atomic E-state index is -0.594. The lowest BCUT2D eigenvalue weighted by Gasteiger charge is -2.16. The van der Waals surface area contributed by atoms with Crippen LogP contribution in [0.2, 0.25) is 10.0 Å². The molecule has 3 aromatic rings. The number of halogens is 2. The highest BCUT2D eigenvalue weighted by Gasteiger charge is 2.17. The summed E-state index contributed by atoms with van der Waals surface area (Å²) >= 11 is 12.2. The Bertz CT molecular complexity index is 1060. The number of nitrogens with one attached hydrogen (secondary N) is 1. The number of nitrogens with zero attached hydrogens (tertiary/aromatic N) is 4. The molecule has 0 saturated carbocycles. The van der Waals surface area contributed by atoms with Gasteiger partial charge in [-0.2, -0.15) is 0 Å². The van der Waals surface area contributed by atoms with Crippen molar-refractivity contribution < 1.29 is 4.92 Å². The maximum Gasteiger partial charge on any atom is 0.311 e. The van der Waals surface area contributed by atoms with Gasteiger partial charge in [0.1, 0.15) is 17.3 Å². The third-order valence-electron chi connectivity index (χ3n) is 3.91. The molecule has 2 aromatic heterocycles. The van der Waals surface area contributed by atoms with Crippen LogP contribution in [0.3, 0.4) is 0 Å². The summed E-state index contributed by atoms with van der Waals surface area (Å²) in [5.74, 6) is 0.400. The minimum absolute atomic E-state index is 0.181. The van der Waals surface area contributed by atoms with Crippen LogP contribution in [0.1, 0.15) is 18.7 Å². The van der Waals surface area contributed by atoms with Crippen LogP contribution in [0.5, 0.6) is 0 Å². The van der Waals surface area contributed by atoms with E-state index in [1.807, 2.05) is 6.92 Å². The van der Waals surface area contributed by atoms with Crippen molar-refractivity contribution in [3.8, 4) is 11.3 Å². The second-order valence-corrected chi connectivity index (χ2v) is 6.72. The van der Waals surface area contributed by atoms with E-state index in [4.69, 9.17) is 34.7 Å². The zero-order valence-electron chi connectivity index (χ0n) is 14.6. The highest BCUT2D eigenvalue weighted by atomic mass is 35.5. The summed E-state index contributed by atoms with van der Waals surface area (Å²) in [5.41, 5.74) is 12.9. The van der Waals surface area contributed by atoms with Crippen molar-refractivity contribution in [3.63, 3.8) is 0 Å². The molecule has 0 bridgehead atoms. The van der Waals surface area contributed by atoms with E-state index in [-0.39, 0.29) is 23.4 Å². The topological polar surface area (TPSA) is 146 Å². The second kappa shape index (κ2) is 7.83. The van der Waals surface area contributed by atoms with Crippen LogP contribution in [-0.4, -0.2) is 19.9 Å². The predicted octanol–water partition coefficient (Wildman–Crippen LogP) is 4.09. The van der Waals surface area contributed by atoms with Crippen LogP contribution in [0.25, 0.3) is 11.3 Å². The smallest absolute Gasteiger partial charge is 0.311 e. The molecular weight excluding hydrogens is 405 g/mol. The number of pyridine rings is 1. The van der Waals surface area contributed by atoms with Gasteiger partial charge < -0.3 is 16.8 Å². The molecule has 0 radical (unpaired) electrons. The van der Waals surface area contributed by atoms with Crippen LogP contribution < -0.4 is 16.8 Å². The zero-order valence-corrected chi connectivity index (χ0v) is 16.1. The van der Waals surface area contributed by atoms with Gasteiger partial charge in [0.15, 0.2) is 0 Å². The summed E-state index contributed by atoms with van der Waals surface area (Å²) in [6, 6.07) is 7.40. The molecule has 5 N–H and O–H groups in total. The Balaban J connectivity index is 1.90. The zero-order chi connectivity index (χ0) is 20.4. The van der Waals surface area contributed by atoms with Crippen molar-refractivity contribution >= 4 is 46.3 Å². The van der Waals surface area contributed by atoms with Crippen molar-refractivity contribution in [2.75, 3.05) is 16.8 Å². The molecule has 0 amide bonds. The third-order valence-corrected chi connectivity index (χ3v) is 4.46. The van der Waals surface area contributed by atoms with Gasteiger partial charge in [0, 0.05) is 16.7 Å². The molecule has 11 heteroatoms. The molecule has 1 aromatic carbocycles. The van der Waals surface area contributed by atoms with E-state index >= 15 is 0 Å². The van der Waals surface area contributed by atoms with Crippen LogP contribution in [0.15, 0.2) is 36.5 Å². The van der Waals surface area contributed by atoms with Crippen molar-refractivity contribution in [2.45, 2.75) is 13.0 Å². The lowest BCUT2D eigenvalue weighted by atomic mass is 10.1. The normalized spacial score (nSPS) is 11.8. The van der Waals surface area contributed by atoms with Gasteiger partial charge in [-0.25, -0.2) is 15.0 Å². The van der Waals surface area contributed by atoms with Gasteiger partial charge in [-0.05, 0) is 31.2 Å². The Morgan fingerprint density at radius 3 is 2.54 bits per heavy atom. The van der Waals surface area contributed by atoms with Crippen LogP contribution in [0.4, 0.5) is 23.1 Å². The number of rotatable bonds is 5. The average Bonchev–Trinajstić information content (AvgIpc) is 2.62. The second-order valence-electron chi connectivity index (χ2n) is 5.88. The minimum Gasteiger partial charge on any atom is -0.382 e. The van der Waals surface area contributed by atoms with E-state index in [1.165, 1.54) is 18.3 Å². The molecule has 1 atom stereocenters. The molecule has 0 aliphatic rings. The Kier molecular flexibility index (Phi) is 5.48. The largest absolute Gasteiger partial charge is 0.382 e. The molecule has 9 nitrogen and oxygen atoms in total. The summed E-state index contributed by atoms with van der Waals surface area (Å²) < 4.78 is 0. The monoisotopic (exact) mass is 419 g/mol. The maximum absolute atomic E-state index is 10.8. The molecule has 1 unspecified atom stereocenters. The van der Waals surface area contributed by atoms with Gasteiger partial charge in [0.2, 0.25) is 5.82 Å². The van der Waals surface area contributed by atoms with Crippen molar-refractivity contribution in [1.82, 2.24) is 15.0 Å². The van der Waals surface area contributed by atoms with Crippen molar-refractivity contribution in [3.05, 3.63) is 62.4 Å². The van der Waals surface area contributed by atoms with Gasteiger partial charge in [0.05, 0.1) is 27.9 Å². The summed E-state index contributed by atoms with van der Waals surface area (Å²) in [6.45, 7) is 1.83. The summed E-state index contributed by atoms with van der Waals surface area (Å²) in [4.78, 5) is 23.0. The fraction of sp³-hybridized carbons (Fsp3) is 0.118. The maximum atomic E-state index is 10.8. The SMILES string of the molecule is CC(Nc1ccc([N+](=O)[O-])c(N)n1)c1cnc(N)c(-c2ccc(Cl)cc2Cl)n1. The third kappa shape index (κ3) is 4.05. The lowest BCUT2D eigenvalue weighted by Crippen LogP contribution is -2.12. The Morgan fingerprint density at radius 2 is 1.89 bits per heavy atom. The Hall–Kier alpha value is -3.17. The van der Waals surface area contributed by atoms with E-state index in [2.05, 4.69) is 20.3 Å². The number of nitrogens with two attached hydrogens (primary N) is 2. The number of aromatic nitrogens is 3. The van der Waals surface area contributed by atoms with Gasteiger partial charge in [0.25, 0.3) is 0 Å². The highest BCUT2D eigenvalue weighted by molar-refractivity contribution is 6.36. The van der Waals surface area contributed by atoms with E-state index in [0.29, 0.717) is 32.8 Å². The van der Waals surface area contributed by atoms with Crippen LogP contribution >= 0.6 is 23.2 Å². The number of anilines is 3. The van der Waals surface area contributed by atoms with E-state index in [9.17, 15) is 10.1 Å².